The lowest BCUT2D eigenvalue weighted by molar-refractivity contribution is 0.0638. The number of hydrogen-bond acceptors (Lipinski definition) is 6. The molecule has 1 aliphatic rings. The Kier molecular flexibility index (Phi) is 5.16. The number of hydrogen-bond donors (Lipinski definition) is 0. The van der Waals surface area contributed by atoms with E-state index in [1.807, 2.05) is 31.2 Å². The fourth-order valence-electron chi connectivity index (χ4n) is 3.17. The van der Waals surface area contributed by atoms with Crippen LogP contribution >= 0.6 is 0 Å². The molecule has 7 nitrogen and oxygen atoms in total. The first-order valence-electron chi connectivity index (χ1n) is 8.41. The lowest BCUT2D eigenvalue weighted by Crippen LogP contribution is -2.54. The van der Waals surface area contributed by atoms with E-state index in [0.717, 1.165) is 11.4 Å². The van der Waals surface area contributed by atoms with Gasteiger partial charge in [-0.2, -0.15) is 0 Å². The van der Waals surface area contributed by atoms with Gasteiger partial charge in [-0.15, -0.1) is 0 Å². The molecule has 1 atom stereocenters. The Morgan fingerprint density at radius 2 is 1.88 bits per heavy atom. The Balaban J connectivity index is 1.75. The van der Waals surface area contributed by atoms with E-state index >= 15 is 0 Å². The summed E-state index contributed by atoms with van der Waals surface area (Å²) < 4.78 is 15.6. The van der Waals surface area contributed by atoms with Gasteiger partial charge in [-0.1, -0.05) is 12.1 Å². The first-order chi connectivity index (χ1) is 12.5. The van der Waals surface area contributed by atoms with Crippen molar-refractivity contribution in [3.63, 3.8) is 0 Å². The molecule has 0 saturated carbocycles. The number of rotatable bonds is 4. The monoisotopic (exact) mass is 358 g/mol. The van der Waals surface area contributed by atoms with Gasteiger partial charge in [0.25, 0.3) is 5.91 Å². The number of carbonyl (C=O) groups is 1. The van der Waals surface area contributed by atoms with Crippen molar-refractivity contribution in [2.45, 2.75) is 13.0 Å². The lowest BCUT2D eigenvalue weighted by Gasteiger charge is -2.41. The molecule has 1 aromatic heterocycles. The molecule has 0 N–H and O–H groups in total. The molecule has 1 saturated heterocycles. The van der Waals surface area contributed by atoms with Gasteiger partial charge >= 0.3 is 0 Å². The van der Waals surface area contributed by atoms with Crippen molar-refractivity contribution in [1.82, 2.24) is 4.90 Å². The predicted molar refractivity (Wildman–Crippen MR) is 97.2 cm³/mol. The van der Waals surface area contributed by atoms with Gasteiger partial charge in [0.2, 0.25) is 11.2 Å². The molecule has 26 heavy (non-hydrogen) atoms. The number of anilines is 1. The van der Waals surface area contributed by atoms with Crippen LogP contribution in [0.3, 0.4) is 0 Å². The molecule has 2 aromatic rings. The SMILES string of the molecule is COc1ccccc1N1CCN(C(=O)c2cc(=O)c(OC)co2)C(C)C1. The zero-order valence-electron chi connectivity index (χ0n) is 15.1. The van der Waals surface area contributed by atoms with Gasteiger partial charge in [-0.05, 0) is 19.1 Å². The van der Waals surface area contributed by atoms with E-state index in [9.17, 15) is 9.59 Å². The number of nitrogens with zero attached hydrogens (tertiary/aromatic N) is 2. The second-order valence-electron chi connectivity index (χ2n) is 6.14. The van der Waals surface area contributed by atoms with Crippen LogP contribution in [0.2, 0.25) is 0 Å². The zero-order valence-corrected chi connectivity index (χ0v) is 15.1. The van der Waals surface area contributed by atoms with E-state index in [1.165, 1.54) is 19.4 Å². The topological polar surface area (TPSA) is 72.2 Å². The fraction of sp³-hybridized carbons (Fsp3) is 0.368. The maximum Gasteiger partial charge on any atom is 0.290 e. The fourth-order valence-corrected chi connectivity index (χ4v) is 3.17. The van der Waals surface area contributed by atoms with Crippen LogP contribution in [-0.2, 0) is 0 Å². The molecule has 0 aliphatic carbocycles. The van der Waals surface area contributed by atoms with Crippen LogP contribution in [0.1, 0.15) is 17.5 Å². The maximum absolute atomic E-state index is 12.7. The molecule has 0 radical (unpaired) electrons. The smallest absolute Gasteiger partial charge is 0.290 e. The van der Waals surface area contributed by atoms with Gasteiger partial charge in [-0.3, -0.25) is 9.59 Å². The molecule has 1 aliphatic heterocycles. The number of carbonyl (C=O) groups excluding carboxylic acids is 1. The standard InChI is InChI=1S/C19H22N2O5/c1-13-11-20(14-6-4-5-7-16(14)24-2)8-9-21(13)19(23)17-10-15(22)18(25-3)12-26-17/h4-7,10,12-13H,8-9,11H2,1-3H3. The number of piperazine rings is 1. The molecule has 1 unspecified atom stereocenters. The highest BCUT2D eigenvalue weighted by Crippen LogP contribution is 2.29. The second-order valence-corrected chi connectivity index (χ2v) is 6.14. The highest BCUT2D eigenvalue weighted by Gasteiger charge is 2.30. The molecule has 1 amide bonds. The van der Waals surface area contributed by atoms with Gasteiger partial charge in [0.05, 0.1) is 19.9 Å². The van der Waals surface area contributed by atoms with Crippen LogP contribution < -0.4 is 19.8 Å². The summed E-state index contributed by atoms with van der Waals surface area (Å²) in [7, 11) is 3.03. The highest BCUT2D eigenvalue weighted by molar-refractivity contribution is 5.91. The van der Waals surface area contributed by atoms with Crippen LogP contribution in [0.4, 0.5) is 5.69 Å². The molecular formula is C19H22N2O5. The van der Waals surface area contributed by atoms with E-state index in [0.29, 0.717) is 19.6 Å². The third-order valence-electron chi connectivity index (χ3n) is 4.54. The summed E-state index contributed by atoms with van der Waals surface area (Å²) in [6.07, 6.45) is 1.17. The van der Waals surface area contributed by atoms with Crippen molar-refractivity contribution in [3.8, 4) is 11.5 Å². The van der Waals surface area contributed by atoms with Crippen molar-refractivity contribution in [2.75, 3.05) is 38.8 Å². The van der Waals surface area contributed by atoms with Gasteiger partial charge in [0.1, 0.15) is 12.0 Å². The summed E-state index contributed by atoms with van der Waals surface area (Å²) in [5.41, 5.74) is 0.632. The Morgan fingerprint density at radius 3 is 2.54 bits per heavy atom. The second kappa shape index (κ2) is 7.51. The van der Waals surface area contributed by atoms with E-state index < -0.39 is 0 Å². The highest BCUT2D eigenvalue weighted by atomic mass is 16.5. The van der Waals surface area contributed by atoms with Gasteiger partial charge < -0.3 is 23.7 Å². The Labute approximate surface area is 151 Å². The number of benzene rings is 1. The number of para-hydroxylation sites is 2. The van der Waals surface area contributed by atoms with Crippen molar-refractivity contribution < 1.29 is 18.7 Å². The van der Waals surface area contributed by atoms with Gasteiger partial charge in [0, 0.05) is 31.7 Å². The minimum absolute atomic E-state index is 0.0217. The van der Waals surface area contributed by atoms with E-state index in [-0.39, 0.29) is 28.9 Å². The van der Waals surface area contributed by atoms with Crippen LogP contribution in [0, 0.1) is 0 Å². The molecule has 1 aromatic carbocycles. The normalized spacial score (nSPS) is 17.1. The number of ether oxygens (including phenoxy) is 2. The first-order valence-corrected chi connectivity index (χ1v) is 8.41. The minimum Gasteiger partial charge on any atom is -0.495 e. The molecule has 2 heterocycles. The summed E-state index contributed by atoms with van der Waals surface area (Å²) >= 11 is 0. The molecule has 138 valence electrons. The molecule has 3 rings (SSSR count). The number of methoxy groups -OCH3 is 2. The summed E-state index contributed by atoms with van der Waals surface area (Å²) in [5.74, 6) is 0.613. The van der Waals surface area contributed by atoms with Crippen LogP contribution in [0.5, 0.6) is 11.5 Å². The maximum atomic E-state index is 12.7. The average Bonchev–Trinajstić information content (AvgIpc) is 2.67. The first kappa shape index (κ1) is 17.8. The van der Waals surface area contributed by atoms with Crippen LogP contribution in [0.15, 0.2) is 45.8 Å². The van der Waals surface area contributed by atoms with Crippen molar-refractivity contribution in [1.29, 1.82) is 0 Å². The summed E-state index contributed by atoms with van der Waals surface area (Å²) in [5, 5.41) is 0. The van der Waals surface area contributed by atoms with Crippen molar-refractivity contribution in [3.05, 3.63) is 52.6 Å². The third-order valence-corrected chi connectivity index (χ3v) is 4.54. The lowest BCUT2D eigenvalue weighted by atomic mass is 10.1. The van der Waals surface area contributed by atoms with Gasteiger partial charge in [0.15, 0.2) is 5.76 Å². The molecule has 0 spiro atoms. The number of amides is 1. The van der Waals surface area contributed by atoms with E-state index in [2.05, 4.69) is 4.90 Å². The van der Waals surface area contributed by atoms with Crippen LogP contribution in [0.25, 0.3) is 0 Å². The summed E-state index contributed by atoms with van der Waals surface area (Å²) in [4.78, 5) is 28.5. The molecule has 7 heteroatoms. The summed E-state index contributed by atoms with van der Waals surface area (Å²) in [6, 6.07) is 8.95. The Bertz CT molecular complexity index is 848. The predicted octanol–water partition coefficient (Wildman–Crippen LogP) is 2.01. The van der Waals surface area contributed by atoms with Crippen molar-refractivity contribution in [2.24, 2.45) is 0 Å². The van der Waals surface area contributed by atoms with Gasteiger partial charge in [-0.25, -0.2) is 0 Å². The van der Waals surface area contributed by atoms with Crippen molar-refractivity contribution >= 4 is 11.6 Å². The minimum atomic E-state index is -0.373. The molecule has 1 fully saturated rings. The zero-order chi connectivity index (χ0) is 18.7. The van der Waals surface area contributed by atoms with Crippen LogP contribution in [-0.4, -0.2) is 50.7 Å². The average molecular weight is 358 g/mol. The molecular weight excluding hydrogens is 336 g/mol. The van der Waals surface area contributed by atoms with E-state index in [4.69, 9.17) is 13.9 Å². The Morgan fingerprint density at radius 1 is 1.15 bits per heavy atom. The molecule has 0 bridgehead atoms. The van der Waals surface area contributed by atoms with E-state index in [1.54, 1.807) is 12.0 Å². The quantitative estimate of drug-likeness (QED) is 0.833. The third kappa shape index (κ3) is 3.37. The Hall–Kier alpha value is -2.96. The largest absolute Gasteiger partial charge is 0.495 e. The summed E-state index contributed by atoms with van der Waals surface area (Å²) in [6.45, 7) is 3.82.